The van der Waals surface area contributed by atoms with Crippen molar-refractivity contribution in [3.05, 3.63) is 24.4 Å². The molecule has 0 amide bonds. The van der Waals surface area contributed by atoms with Crippen LogP contribution in [-0.4, -0.2) is 54.1 Å². The fourth-order valence-corrected chi connectivity index (χ4v) is 2.92. The highest BCUT2D eigenvalue weighted by Crippen LogP contribution is 2.34. The summed E-state index contributed by atoms with van der Waals surface area (Å²) in [6.07, 6.45) is 1.95. The maximum atomic E-state index is 5.71. The molecule has 0 radical (unpaired) electrons. The Morgan fingerprint density at radius 3 is 2.96 bits per heavy atom. The van der Waals surface area contributed by atoms with Crippen molar-refractivity contribution in [1.29, 1.82) is 0 Å². The molecule has 0 bridgehead atoms. The monoisotopic (exact) mass is 317 g/mol. The largest absolute Gasteiger partial charge is 0.486 e. The lowest BCUT2D eigenvalue weighted by molar-refractivity contribution is 0.0340. The van der Waals surface area contributed by atoms with Gasteiger partial charge in [-0.1, -0.05) is 5.21 Å². The van der Waals surface area contributed by atoms with Gasteiger partial charge in [0.25, 0.3) is 0 Å². The molecule has 2 aliphatic rings. The van der Waals surface area contributed by atoms with Gasteiger partial charge in [0.1, 0.15) is 31.1 Å². The van der Waals surface area contributed by atoms with Gasteiger partial charge in [-0.25, -0.2) is 4.68 Å². The van der Waals surface area contributed by atoms with Crippen molar-refractivity contribution in [1.82, 2.24) is 15.0 Å². The van der Waals surface area contributed by atoms with Gasteiger partial charge in [-0.05, 0) is 25.1 Å². The standard InChI is InChI=1S/C16H19N3O4/c1-2-21-16-10-20-9-13(16)19-8-12(17-18-19)11-3-4-14-15(7-11)23-6-5-22-14/h3-4,7-8,13,16H,2,5-6,9-10H2,1H3/t13-,16-/m1/s1. The lowest BCUT2D eigenvalue weighted by Crippen LogP contribution is -2.26. The molecule has 1 aromatic heterocycles. The number of rotatable bonds is 4. The number of nitrogens with zero attached hydrogens (tertiary/aromatic N) is 3. The molecule has 4 rings (SSSR count). The number of fused-ring (bicyclic) bond motifs is 1. The predicted molar refractivity (Wildman–Crippen MR) is 81.7 cm³/mol. The molecule has 0 aliphatic carbocycles. The van der Waals surface area contributed by atoms with Crippen LogP contribution in [0.25, 0.3) is 11.3 Å². The van der Waals surface area contributed by atoms with E-state index in [9.17, 15) is 0 Å². The number of aromatic nitrogens is 3. The van der Waals surface area contributed by atoms with Gasteiger partial charge in [-0.3, -0.25) is 0 Å². The molecule has 0 saturated carbocycles. The zero-order valence-corrected chi connectivity index (χ0v) is 13.0. The zero-order valence-electron chi connectivity index (χ0n) is 13.0. The van der Waals surface area contributed by atoms with Crippen LogP contribution in [0.1, 0.15) is 13.0 Å². The first kappa shape index (κ1) is 14.5. The lowest BCUT2D eigenvalue weighted by atomic mass is 10.1. The van der Waals surface area contributed by atoms with Gasteiger partial charge in [0.05, 0.1) is 19.4 Å². The van der Waals surface area contributed by atoms with Crippen LogP contribution >= 0.6 is 0 Å². The summed E-state index contributed by atoms with van der Waals surface area (Å²) in [5.74, 6) is 1.52. The molecule has 1 aromatic carbocycles. The second-order valence-corrected chi connectivity index (χ2v) is 5.54. The van der Waals surface area contributed by atoms with E-state index in [4.69, 9.17) is 18.9 Å². The molecule has 7 nitrogen and oxygen atoms in total. The predicted octanol–water partition coefficient (Wildman–Crippen LogP) is 1.69. The van der Waals surface area contributed by atoms with Gasteiger partial charge >= 0.3 is 0 Å². The molecular weight excluding hydrogens is 298 g/mol. The lowest BCUT2D eigenvalue weighted by Gasteiger charge is -2.18. The molecule has 0 N–H and O–H groups in total. The SMILES string of the molecule is CCO[C@@H]1COC[C@H]1n1cc(-c2ccc3c(c2)OCCO3)nn1. The van der Waals surface area contributed by atoms with Gasteiger partial charge in [-0.15, -0.1) is 5.10 Å². The van der Waals surface area contributed by atoms with Gasteiger partial charge in [-0.2, -0.15) is 0 Å². The van der Waals surface area contributed by atoms with E-state index in [-0.39, 0.29) is 12.1 Å². The molecule has 2 aromatic rings. The Hall–Kier alpha value is -2.12. The summed E-state index contributed by atoms with van der Waals surface area (Å²) < 4.78 is 24.2. The highest BCUT2D eigenvalue weighted by atomic mass is 16.6. The first-order valence-electron chi connectivity index (χ1n) is 7.86. The minimum absolute atomic E-state index is 0.0230. The van der Waals surface area contributed by atoms with E-state index in [2.05, 4.69) is 10.3 Å². The Kier molecular flexibility index (Phi) is 3.88. The smallest absolute Gasteiger partial charge is 0.162 e. The van der Waals surface area contributed by atoms with Crippen LogP contribution in [-0.2, 0) is 9.47 Å². The molecular formula is C16H19N3O4. The fourth-order valence-electron chi connectivity index (χ4n) is 2.92. The fraction of sp³-hybridized carbons (Fsp3) is 0.500. The van der Waals surface area contributed by atoms with E-state index < -0.39 is 0 Å². The molecule has 0 unspecified atom stereocenters. The Labute approximate surface area is 134 Å². The van der Waals surface area contributed by atoms with Crippen LogP contribution in [0.4, 0.5) is 0 Å². The van der Waals surface area contributed by atoms with Crippen LogP contribution in [0.3, 0.4) is 0 Å². The van der Waals surface area contributed by atoms with E-state index in [1.54, 1.807) is 0 Å². The maximum Gasteiger partial charge on any atom is 0.162 e. The van der Waals surface area contributed by atoms with Crippen LogP contribution < -0.4 is 9.47 Å². The average Bonchev–Trinajstić information content (AvgIpc) is 3.23. The van der Waals surface area contributed by atoms with Crippen LogP contribution in [0.5, 0.6) is 11.5 Å². The van der Waals surface area contributed by atoms with Gasteiger partial charge in [0.15, 0.2) is 11.5 Å². The zero-order chi connectivity index (χ0) is 15.6. The highest BCUT2D eigenvalue weighted by Gasteiger charge is 2.31. The van der Waals surface area contributed by atoms with Crippen molar-refractivity contribution in [2.75, 3.05) is 33.0 Å². The summed E-state index contributed by atoms with van der Waals surface area (Å²) in [4.78, 5) is 0. The Bertz CT molecular complexity index is 688. The molecule has 23 heavy (non-hydrogen) atoms. The van der Waals surface area contributed by atoms with Crippen molar-refractivity contribution < 1.29 is 18.9 Å². The van der Waals surface area contributed by atoms with E-state index in [0.29, 0.717) is 33.0 Å². The van der Waals surface area contributed by atoms with Gasteiger partial charge < -0.3 is 18.9 Å². The van der Waals surface area contributed by atoms with E-state index in [1.165, 1.54) is 0 Å². The minimum Gasteiger partial charge on any atom is -0.486 e. The Morgan fingerprint density at radius 1 is 1.22 bits per heavy atom. The van der Waals surface area contributed by atoms with Crippen LogP contribution in [0, 0.1) is 0 Å². The second kappa shape index (κ2) is 6.17. The van der Waals surface area contributed by atoms with Crippen molar-refractivity contribution in [3.63, 3.8) is 0 Å². The molecule has 1 saturated heterocycles. The summed E-state index contributed by atoms with van der Waals surface area (Å²) in [5, 5.41) is 8.53. The van der Waals surface area contributed by atoms with Crippen molar-refractivity contribution in [3.8, 4) is 22.8 Å². The molecule has 3 heterocycles. The van der Waals surface area contributed by atoms with Gasteiger partial charge in [0.2, 0.25) is 0 Å². The number of hydrogen-bond acceptors (Lipinski definition) is 6. The van der Waals surface area contributed by atoms with Gasteiger partial charge in [0, 0.05) is 12.2 Å². The van der Waals surface area contributed by atoms with E-state index in [1.807, 2.05) is 36.0 Å². The summed E-state index contributed by atoms with van der Waals surface area (Å²) >= 11 is 0. The summed E-state index contributed by atoms with van der Waals surface area (Å²) in [6, 6.07) is 5.87. The third kappa shape index (κ3) is 2.77. The first-order chi connectivity index (χ1) is 11.3. The van der Waals surface area contributed by atoms with Crippen LogP contribution in [0.2, 0.25) is 0 Å². The quantitative estimate of drug-likeness (QED) is 0.855. The molecule has 2 aliphatic heterocycles. The van der Waals surface area contributed by atoms with E-state index in [0.717, 1.165) is 22.8 Å². The highest BCUT2D eigenvalue weighted by molar-refractivity contribution is 5.63. The molecule has 2 atom stereocenters. The third-order valence-electron chi connectivity index (χ3n) is 4.07. The summed E-state index contributed by atoms with van der Waals surface area (Å²) in [5.41, 5.74) is 1.75. The number of ether oxygens (including phenoxy) is 4. The molecule has 0 spiro atoms. The summed E-state index contributed by atoms with van der Waals surface area (Å²) in [6.45, 7) is 4.99. The Morgan fingerprint density at radius 2 is 2.09 bits per heavy atom. The number of benzene rings is 1. The molecule has 7 heteroatoms. The molecule has 1 fully saturated rings. The maximum absolute atomic E-state index is 5.71. The Balaban J connectivity index is 1.58. The van der Waals surface area contributed by atoms with Crippen molar-refractivity contribution >= 4 is 0 Å². The van der Waals surface area contributed by atoms with E-state index >= 15 is 0 Å². The topological polar surface area (TPSA) is 67.6 Å². The first-order valence-corrected chi connectivity index (χ1v) is 7.86. The number of hydrogen-bond donors (Lipinski definition) is 0. The second-order valence-electron chi connectivity index (χ2n) is 5.54. The minimum atomic E-state index is 0.0230. The van der Waals surface area contributed by atoms with Crippen LogP contribution in [0.15, 0.2) is 24.4 Å². The van der Waals surface area contributed by atoms with Crippen molar-refractivity contribution in [2.24, 2.45) is 0 Å². The normalized spacial score (nSPS) is 23.2. The summed E-state index contributed by atoms with van der Waals surface area (Å²) in [7, 11) is 0. The molecule has 122 valence electrons. The van der Waals surface area contributed by atoms with Crippen molar-refractivity contribution in [2.45, 2.75) is 19.1 Å². The third-order valence-corrected chi connectivity index (χ3v) is 4.07. The average molecular weight is 317 g/mol.